The number of unbranched alkanes of at least 4 members (excludes halogenated alkanes) is 1. The number of nitrogens with one attached hydrogen (secondary N) is 1. The summed E-state index contributed by atoms with van der Waals surface area (Å²) in [6.07, 6.45) is 1.20. The Morgan fingerprint density at radius 2 is 1.93 bits per heavy atom. The number of benzene rings is 1. The Labute approximate surface area is 83.1 Å². The summed E-state index contributed by atoms with van der Waals surface area (Å²) >= 11 is 0. The molecule has 0 atom stereocenters. The van der Waals surface area contributed by atoms with Gasteiger partial charge >= 0.3 is 0 Å². The first-order valence-corrected chi connectivity index (χ1v) is 4.74. The van der Waals surface area contributed by atoms with Gasteiger partial charge in [0.1, 0.15) is 0 Å². The van der Waals surface area contributed by atoms with Crippen LogP contribution in [0.25, 0.3) is 0 Å². The summed E-state index contributed by atoms with van der Waals surface area (Å²) in [4.78, 5) is 11.4. The van der Waals surface area contributed by atoms with Gasteiger partial charge < -0.3 is 5.32 Å². The molecule has 1 aromatic carbocycles. The van der Waals surface area contributed by atoms with Crippen molar-refractivity contribution < 1.29 is 9.18 Å². The molecule has 1 aromatic rings. The second-order valence-electron chi connectivity index (χ2n) is 3.02. The highest BCUT2D eigenvalue weighted by atomic mass is 19.1. The van der Waals surface area contributed by atoms with Gasteiger partial charge in [0.25, 0.3) is 5.91 Å². The Bertz CT molecular complexity index is 274. The molecule has 0 bridgehead atoms. The third-order valence-corrected chi connectivity index (χ3v) is 1.88. The molecule has 1 rings (SSSR count). The van der Waals surface area contributed by atoms with Crippen molar-refractivity contribution in [3.63, 3.8) is 0 Å². The molecular formula is C11H14FNO. The van der Waals surface area contributed by atoms with E-state index in [-0.39, 0.29) is 12.6 Å². The van der Waals surface area contributed by atoms with Gasteiger partial charge in [-0.15, -0.1) is 0 Å². The molecule has 0 unspecified atom stereocenters. The summed E-state index contributed by atoms with van der Waals surface area (Å²) in [6, 6.07) is 9.00. The third kappa shape index (κ3) is 3.56. The van der Waals surface area contributed by atoms with Crippen LogP contribution in [-0.2, 0) is 0 Å². The van der Waals surface area contributed by atoms with E-state index >= 15 is 0 Å². The van der Waals surface area contributed by atoms with E-state index in [1.165, 1.54) is 0 Å². The van der Waals surface area contributed by atoms with Crippen molar-refractivity contribution in [3.05, 3.63) is 35.9 Å². The lowest BCUT2D eigenvalue weighted by Crippen LogP contribution is -2.24. The smallest absolute Gasteiger partial charge is 0.251 e. The Balaban J connectivity index is 2.29. The van der Waals surface area contributed by atoms with Gasteiger partial charge in [0, 0.05) is 12.1 Å². The number of halogens is 1. The van der Waals surface area contributed by atoms with Gasteiger partial charge in [-0.25, -0.2) is 0 Å². The molecule has 2 nitrogen and oxygen atoms in total. The maximum absolute atomic E-state index is 11.7. The normalized spacial score (nSPS) is 9.79. The van der Waals surface area contributed by atoms with Crippen LogP contribution in [0.2, 0.25) is 0 Å². The zero-order valence-corrected chi connectivity index (χ0v) is 8.00. The van der Waals surface area contributed by atoms with Crippen LogP contribution in [0.1, 0.15) is 23.2 Å². The highest BCUT2D eigenvalue weighted by Crippen LogP contribution is 1.97. The summed E-state index contributed by atoms with van der Waals surface area (Å²) in [6.45, 7) is 0.221. The molecule has 0 aromatic heterocycles. The predicted molar refractivity (Wildman–Crippen MR) is 54.0 cm³/mol. The molecular weight excluding hydrogens is 181 g/mol. The summed E-state index contributed by atoms with van der Waals surface area (Å²) in [5, 5.41) is 2.73. The molecule has 0 saturated heterocycles. The molecule has 0 spiro atoms. The molecule has 0 fully saturated rings. The number of rotatable bonds is 5. The van der Waals surface area contributed by atoms with E-state index in [0.717, 1.165) is 0 Å². The minimum atomic E-state index is -0.318. The fourth-order valence-corrected chi connectivity index (χ4v) is 1.11. The maximum atomic E-state index is 11.7. The standard InChI is InChI=1S/C11H14FNO/c12-8-4-5-9-13-11(14)10-6-2-1-3-7-10/h1-3,6-7H,4-5,8-9H2,(H,13,14). The van der Waals surface area contributed by atoms with Crippen molar-refractivity contribution in [2.45, 2.75) is 12.8 Å². The summed E-state index contributed by atoms with van der Waals surface area (Å²) in [5.41, 5.74) is 0.646. The van der Waals surface area contributed by atoms with E-state index in [1.54, 1.807) is 12.1 Å². The van der Waals surface area contributed by atoms with Crippen LogP contribution in [0.15, 0.2) is 30.3 Å². The molecule has 1 amide bonds. The molecule has 0 radical (unpaired) electrons. The first kappa shape index (κ1) is 10.7. The van der Waals surface area contributed by atoms with E-state index in [4.69, 9.17) is 0 Å². The van der Waals surface area contributed by atoms with Gasteiger partial charge in [-0.1, -0.05) is 18.2 Å². The Morgan fingerprint density at radius 3 is 2.57 bits per heavy atom. The number of alkyl halides is 1. The van der Waals surface area contributed by atoms with Crippen LogP contribution in [-0.4, -0.2) is 19.1 Å². The van der Waals surface area contributed by atoms with Crippen LogP contribution in [0.3, 0.4) is 0 Å². The first-order chi connectivity index (χ1) is 6.84. The highest BCUT2D eigenvalue weighted by molar-refractivity contribution is 5.94. The minimum absolute atomic E-state index is 0.0931. The minimum Gasteiger partial charge on any atom is -0.352 e. The molecule has 0 saturated carbocycles. The Kier molecular flexibility index (Phi) is 4.69. The fraction of sp³-hybridized carbons (Fsp3) is 0.364. The molecule has 0 aliphatic rings. The number of amides is 1. The van der Waals surface area contributed by atoms with Gasteiger partial charge in [0.05, 0.1) is 6.67 Å². The average molecular weight is 195 g/mol. The van der Waals surface area contributed by atoms with E-state index in [0.29, 0.717) is 24.9 Å². The van der Waals surface area contributed by atoms with E-state index in [2.05, 4.69) is 5.32 Å². The molecule has 0 aliphatic carbocycles. The number of hydrogen-bond acceptors (Lipinski definition) is 1. The second kappa shape index (κ2) is 6.13. The molecule has 0 aliphatic heterocycles. The number of hydrogen-bond donors (Lipinski definition) is 1. The predicted octanol–water partition coefficient (Wildman–Crippen LogP) is 2.17. The van der Waals surface area contributed by atoms with Crippen LogP contribution in [0.5, 0.6) is 0 Å². The van der Waals surface area contributed by atoms with Gasteiger partial charge in [-0.3, -0.25) is 9.18 Å². The van der Waals surface area contributed by atoms with Crippen molar-refractivity contribution in [3.8, 4) is 0 Å². The van der Waals surface area contributed by atoms with E-state index < -0.39 is 0 Å². The largest absolute Gasteiger partial charge is 0.352 e. The lowest BCUT2D eigenvalue weighted by Gasteiger charge is -2.03. The van der Waals surface area contributed by atoms with Crippen LogP contribution in [0.4, 0.5) is 4.39 Å². The van der Waals surface area contributed by atoms with E-state index in [1.807, 2.05) is 18.2 Å². The summed E-state index contributed by atoms with van der Waals surface area (Å²) < 4.78 is 11.7. The van der Waals surface area contributed by atoms with Gasteiger partial charge in [0.2, 0.25) is 0 Å². The summed E-state index contributed by atoms with van der Waals surface area (Å²) in [7, 11) is 0. The van der Waals surface area contributed by atoms with Crippen LogP contribution < -0.4 is 5.32 Å². The summed E-state index contributed by atoms with van der Waals surface area (Å²) in [5.74, 6) is -0.0931. The highest BCUT2D eigenvalue weighted by Gasteiger charge is 2.01. The van der Waals surface area contributed by atoms with Crippen LogP contribution in [0, 0.1) is 0 Å². The van der Waals surface area contributed by atoms with Crippen molar-refractivity contribution in [2.24, 2.45) is 0 Å². The van der Waals surface area contributed by atoms with Gasteiger partial charge in [-0.2, -0.15) is 0 Å². The second-order valence-corrected chi connectivity index (χ2v) is 3.02. The van der Waals surface area contributed by atoms with Crippen molar-refractivity contribution in [1.82, 2.24) is 5.32 Å². The molecule has 14 heavy (non-hydrogen) atoms. The number of carbonyl (C=O) groups excluding carboxylic acids is 1. The molecule has 3 heteroatoms. The molecule has 1 N–H and O–H groups in total. The zero-order chi connectivity index (χ0) is 10.2. The SMILES string of the molecule is O=C(NCCCCF)c1ccccc1. The topological polar surface area (TPSA) is 29.1 Å². The first-order valence-electron chi connectivity index (χ1n) is 4.74. The van der Waals surface area contributed by atoms with Crippen LogP contribution >= 0.6 is 0 Å². The lowest BCUT2D eigenvalue weighted by molar-refractivity contribution is 0.0952. The molecule has 0 heterocycles. The lowest BCUT2D eigenvalue weighted by atomic mass is 10.2. The van der Waals surface area contributed by atoms with E-state index in [9.17, 15) is 9.18 Å². The van der Waals surface area contributed by atoms with Gasteiger partial charge in [0.15, 0.2) is 0 Å². The third-order valence-electron chi connectivity index (χ3n) is 1.88. The van der Waals surface area contributed by atoms with Crippen molar-refractivity contribution in [2.75, 3.05) is 13.2 Å². The Hall–Kier alpha value is -1.38. The molecule has 76 valence electrons. The Morgan fingerprint density at radius 1 is 1.21 bits per heavy atom. The quantitative estimate of drug-likeness (QED) is 0.717. The monoisotopic (exact) mass is 195 g/mol. The van der Waals surface area contributed by atoms with Gasteiger partial charge in [-0.05, 0) is 25.0 Å². The number of carbonyl (C=O) groups is 1. The zero-order valence-electron chi connectivity index (χ0n) is 8.00. The average Bonchev–Trinajstić information content (AvgIpc) is 2.25. The van der Waals surface area contributed by atoms with Crippen molar-refractivity contribution >= 4 is 5.91 Å². The fourth-order valence-electron chi connectivity index (χ4n) is 1.11. The van der Waals surface area contributed by atoms with Crippen molar-refractivity contribution in [1.29, 1.82) is 0 Å². The maximum Gasteiger partial charge on any atom is 0.251 e.